The Kier molecular flexibility index (Phi) is 4.40. The van der Waals surface area contributed by atoms with E-state index in [2.05, 4.69) is 10.3 Å². The molecule has 0 unspecified atom stereocenters. The molecular weight excluding hydrogens is 340 g/mol. The predicted octanol–water partition coefficient (Wildman–Crippen LogP) is 1.49. The Balaban J connectivity index is 1.89. The zero-order valence-electron chi connectivity index (χ0n) is 13.4. The molecule has 1 aliphatic rings. The normalized spacial score (nSPS) is 13.2. The Bertz CT molecular complexity index is 953. The first-order valence-electron chi connectivity index (χ1n) is 7.65. The molecule has 132 valence electrons. The predicted molar refractivity (Wildman–Crippen MR) is 90.9 cm³/mol. The molecule has 0 amide bonds. The van der Waals surface area contributed by atoms with Crippen LogP contribution in [-0.2, 0) is 27.2 Å². The van der Waals surface area contributed by atoms with Gasteiger partial charge in [-0.3, -0.25) is 19.2 Å². The van der Waals surface area contributed by atoms with Crippen LogP contribution in [0.4, 0.5) is 5.69 Å². The number of hydrogen-bond acceptors (Lipinski definition) is 5. The second kappa shape index (κ2) is 6.67. The maximum absolute atomic E-state index is 12.1. The molecule has 8 nitrogen and oxygen atoms in total. The lowest BCUT2D eigenvalue weighted by Crippen LogP contribution is -2.22. The van der Waals surface area contributed by atoms with Gasteiger partial charge in [0.1, 0.15) is 0 Å². The number of carbonyl (C=O) groups excluding carboxylic acids is 2. The lowest BCUT2D eigenvalue weighted by Gasteiger charge is -2.16. The van der Waals surface area contributed by atoms with E-state index in [0.717, 1.165) is 6.08 Å². The third-order valence-electron chi connectivity index (χ3n) is 3.89. The summed E-state index contributed by atoms with van der Waals surface area (Å²) in [5, 5.41) is 20.7. The van der Waals surface area contributed by atoms with Gasteiger partial charge in [0, 0.05) is 18.0 Å². The van der Waals surface area contributed by atoms with Crippen molar-refractivity contribution in [3.8, 4) is 0 Å². The highest BCUT2D eigenvalue weighted by molar-refractivity contribution is 6.51. The minimum atomic E-state index is -1.11. The maximum Gasteiger partial charge on any atom is 0.307 e. The summed E-state index contributed by atoms with van der Waals surface area (Å²) in [4.78, 5) is 48.6. The molecule has 1 aromatic carbocycles. The largest absolute Gasteiger partial charge is 0.481 e. The highest BCUT2D eigenvalue weighted by Gasteiger charge is 2.30. The van der Waals surface area contributed by atoms with Gasteiger partial charge in [-0.2, -0.15) is 0 Å². The first kappa shape index (κ1) is 17.2. The van der Waals surface area contributed by atoms with Gasteiger partial charge < -0.3 is 20.5 Å². The minimum absolute atomic E-state index is 0.0601. The van der Waals surface area contributed by atoms with Crippen LogP contribution < -0.4 is 5.32 Å². The molecule has 1 aromatic heterocycles. The van der Waals surface area contributed by atoms with Gasteiger partial charge in [0.15, 0.2) is 0 Å². The summed E-state index contributed by atoms with van der Waals surface area (Å²) in [6.07, 6.45) is 2.08. The smallest absolute Gasteiger partial charge is 0.307 e. The van der Waals surface area contributed by atoms with Gasteiger partial charge in [-0.15, -0.1) is 0 Å². The molecule has 1 heterocycles. The fourth-order valence-electron chi connectivity index (χ4n) is 2.76. The van der Waals surface area contributed by atoms with Gasteiger partial charge >= 0.3 is 11.9 Å². The number of hydrogen-bond donors (Lipinski definition) is 4. The average Bonchev–Trinajstić information content (AvgIpc) is 2.97. The zero-order chi connectivity index (χ0) is 18.8. The minimum Gasteiger partial charge on any atom is -0.481 e. The number of fused-ring (bicyclic) bond motifs is 1. The van der Waals surface area contributed by atoms with Crippen LogP contribution in [-0.4, -0.2) is 38.7 Å². The average molecular weight is 354 g/mol. The van der Waals surface area contributed by atoms with E-state index < -0.39 is 23.5 Å². The van der Waals surface area contributed by atoms with Crippen LogP contribution in [0.2, 0.25) is 0 Å². The number of H-pyrrole nitrogens is 1. The van der Waals surface area contributed by atoms with Crippen LogP contribution in [0.1, 0.15) is 27.2 Å². The molecule has 0 aliphatic heterocycles. The Morgan fingerprint density at radius 2 is 1.65 bits per heavy atom. The fraction of sp³-hybridized carbons (Fsp3) is 0.111. The molecule has 26 heavy (non-hydrogen) atoms. The summed E-state index contributed by atoms with van der Waals surface area (Å²) in [5.41, 5.74) is 2.21. The first-order chi connectivity index (χ1) is 12.3. The molecule has 0 saturated heterocycles. The van der Waals surface area contributed by atoms with Crippen LogP contribution in [0, 0.1) is 0 Å². The Morgan fingerprint density at radius 3 is 2.27 bits per heavy atom. The zero-order valence-corrected chi connectivity index (χ0v) is 13.4. The highest BCUT2D eigenvalue weighted by Crippen LogP contribution is 2.28. The number of Topliss-reactive ketones (excluding diaryl/α,β-unsaturated/α-hetero) is 1. The van der Waals surface area contributed by atoms with Crippen molar-refractivity contribution < 1.29 is 29.4 Å². The molecular formula is C18H14N2O6. The van der Waals surface area contributed by atoms with E-state index >= 15 is 0 Å². The number of rotatable bonds is 6. The van der Waals surface area contributed by atoms with Crippen LogP contribution in [0.25, 0.3) is 5.70 Å². The summed E-state index contributed by atoms with van der Waals surface area (Å²) in [7, 11) is 0. The quantitative estimate of drug-likeness (QED) is 0.577. The molecule has 2 aromatic rings. The number of anilines is 1. The molecule has 0 spiro atoms. The third-order valence-corrected chi connectivity index (χ3v) is 3.89. The second-order valence-electron chi connectivity index (χ2n) is 5.78. The number of carboxylic acids is 2. The summed E-state index contributed by atoms with van der Waals surface area (Å²) < 4.78 is 0. The number of aromatic nitrogens is 1. The SMILES string of the molecule is O=C(O)Cc1ccc(NC2=CC(=O)C(=O)c3c(CC(=O)O)c[nH]c32)cc1. The molecule has 0 radical (unpaired) electrons. The van der Waals surface area contributed by atoms with Crippen molar-refractivity contribution in [1.29, 1.82) is 0 Å². The van der Waals surface area contributed by atoms with Gasteiger partial charge in [0.2, 0.25) is 11.6 Å². The number of aromatic amines is 1. The lowest BCUT2D eigenvalue weighted by molar-refractivity contribution is -0.137. The van der Waals surface area contributed by atoms with Gasteiger partial charge in [-0.1, -0.05) is 12.1 Å². The highest BCUT2D eigenvalue weighted by atomic mass is 16.4. The van der Waals surface area contributed by atoms with Crippen LogP contribution >= 0.6 is 0 Å². The maximum atomic E-state index is 12.1. The van der Waals surface area contributed by atoms with Crippen molar-refractivity contribution in [3.63, 3.8) is 0 Å². The van der Waals surface area contributed by atoms with Crippen molar-refractivity contribution in [2.45, 2.75) is 12.8 Å². The molecule has 0 fully saturated rings. The summed E-state index contributed by atoms with van der Waals surface area (Å²) >= 11 is 0. The fourth-order valence-corrected chi connectivity index (χ4v) is 2.76. The molecule has 4 N–H and O–H groups in total. The third kappa shape index (κ3) is 3.39. The van der Waals surface area contributed by atoms with E-state index in [1.165, 1.54) is 6.20 Å². The molecule has 1 aliphatic carbocycles. The molecule has 0 atom stereocenters. The first-order valence-corrected chi connectivity index (χ1v) is 7.65. The van der Waals surface area contributed by atoms with Gasteiger partial charge in [0.05, 0.1) is 29.8 Å². The van der Waals surface area contributed by atoms with E-state index in [0.29, 0.717) is 22.6 Å². The Labute approximate surface area is 147 Å². The molecule has 0 saturated carbocycles. The van der Waals surface area contributed by atoms with E-state index in [1.807, 2.05) is 0 Å². The van der Waals surface area contributed by atoms with Crippen LogP contribution in [0.5, 0.6) is 0 Å². The van der Waals surface area contributed by atoms with Gasteiger partial charge in [0.25, 0.3) is 0 Å². The summed E-state index contributed by atoms with van der Waals surface area (Å²) in [6, 6.07) is 6.58. The summed E-state index contributed by atoms with van der Waals surface area (Å²) in [6.45, 7) is 0. The molecule has 8 heteroatoms. The van der Waals surface area contributed by atoms with Crippen molar-refractivity contribution in [2.24, 2.45) is 0 Å². The van der Waals surface area contributed by atoms with Crippen molar-refractivity contribution in [1.82, 2.24) is 4.98 Å². The number of aliphatic carboxylic acids is 2. The van der Waals surface area contributed by atoms with Crippen LogP contribution in [0.3, 0.4) is 0 Å². The van der Waals surface area contributed by atoms with E-state index in [-0.39, 0.29) is 24.0 Å². The number of allylic oxidation sites excluding steroid dienone is 1. The topological polar surface area (TPSA) is 137 Å². The number of carbonyl (C=O) groups is 4. The number of nitrogens with one attached hydrogen (secondary N) is 2. The van der Waals surface area contributed by atoms with Crippen molar-refractivity contribution >= 4 is 34.9 Å². The number of carboxylic acid groups (broad SMARTS) is 2. The Morgan fingerprint density at radius 1 is 1.00 bits per heavy atom. The number of ketones is 2. The second-order valence-corrected chi connectivity index (χ2v) is 5.78. The monoisotopic (exact) mass is 354 g/mol. The number of benzene rings is 1. The summed E-state index contributed by atoms with van der Waals surface area (Å²) in [5.74, 6) is -3.54. The van der Waals surface area contributed by atoms with Crippen molar-refractivity contribution in [2.75, 3.05) is 5.32 Å². The van der Waals surface area contributed by atoms with E-state index in [4.69, 9.17) is 10.2 Å². The van der Waals surface area contributed by atoms with E-state index in [1.54, 1.807) is 24.3 Å². The molecule has 0 bridgehead atoms. The standard InChI is InChI=1S/C18H14N2O6/c21-13-7-12(20-11-3-1-9(2-4-11)5-14(22)23)17-16(18(13)26)10(8-19-17)6-15(24)25/h1-4,7-8,19-20H,5-6H2,(H,22,23)(H,24,25). The van der Waals surface area contributed by atoms with Gasteiger partial charge in [-0.05, 0) is 23.3 Å². The van der Waals surface area contributed by atoms with Gasteiger partial charge in [-0.25, -0.2) is 0 Å². The molecule has 3 rings (SSSR count). The van der Waals surface area contributed by atoms with E-state index in [9.17, 15) is 19.2 Å². The lowest BCUT2D eigenvalue weighted by atomic mass is 9.94. The van der Waals surface area contributed by atoms with Crippen LogP contribution in [0.15, 0.2) is 36.5 Å². The Hall–Kier alpha value is -3.68. The van der Waals surface area contributed by atoms with Crippen molar-refractivity contribution in [3.05, 3.63) is 58.9 Å².